The highest BCUT2D eigenvalue weighted by Crippen LogP contribution is 2.37. The number of nitriles is 1. The van der Waals surface area contributed by atoms with Gasteiger partial charge in [0.15, 0.2) is 0 Å². The summed E-state index contributed by atoms with van der Waals surface area (Å²) in [5.74, 6) is 6.18. The molecule has 9 nitrogen and oxygen atoms in total. The molecule has 3 aromatic rings. The minimum absolute atomic E-state index is 0.311. The molecule has 1 fully saturated rings. The van der Waals surface area contributed by atoms with Crippen LogP contribution in [0.15, 0.2) is 58.6 Å². The first-order valence-corrected chi connectivity index (χ1v) is 11.5. The maximum atomic E-state index is 10.8. The van der Waals surface area contributed by atoms with Gasteiger partial charge in [-0.1, -0.05) is 31.0 Å². The van der Waals surface area contributed by atoms with Crippen molar-refractivity contribution in [3.63, 3.8) is 0 Å². The minimum Gasteiger partial charge on any atom is -0.384 e. The Hall–Kier alpha value is -4.16. The van der Waals surface area contributed by atoms with Crippen LogP contribution in [0.25, 0.3) is 11.3 Å². The Morgan fingerprint density at radius 2 is 1.91 bits per heavy atom. The van der Waals surface area contributed by atoms with E-state index >= 15 is 0 Å². The Morgan fingerprint density at radius 1 is 1.14 bits per heavy atom. The number of aliphatic hydroxyl groups is 1. The first-order chi connectivity index (χ1) is 16.9. The van der Waals surface area contributed by atoms with E-state index in [0.29, 0.717) is 40.9 Å². The number of benzene rings is 1. The monoisotopic (exact) mass is 468 g/mol. The summed E-state index contributed by atoms with van der Waals surface area (Å²) < 4.78 is 0. The molecule has 1 aliphatic carbocycles. The normalized spacial score (nSPS) is 15.3. The van der Waals surface area contributed by atoms with Gasteiger partial charge in [-0.15, -0.1) is 0 Å². The lowest BCUT2D eigenvalue weighted by atomic mass is 9.97. The molecule has 178 valence electrons. The SMILES string of the molecule is CN(C)c1nc(C(C=NCc2cccc(C3(O)CCCC3)n2)=NN)cc(-c2cccc(C#N)c2)n1. The topological polar surface area (TPSA) is 137 Å². The largest absolute Gasteiger partial charge is 0.384 e. The second kappa shape index (κ2) is 10.4. The predicted octanol–water partition coefficient (Wildman–Crippen LogP) is 3.17. The number of hydrogen-bond acceptors (Lipinski definition) is 9. The van der Waals surface area contributed by atoms with E-state index in [9.17, 15) is 10.4 Å². The fourth-order valence-electron chi connectivity index (χ4n) is 4.10. The van der Waals surface area contributed by atoms with Crippen LogP contribution in [0.1, 0.15) is 48.3 Å². The Kier molecular flexibility index (Phi) is 7.13. The molecule has 0 aliphatic heterocycles. The fourth-order valence-corrected chi connectivity index (χ4v) is 4.10. The number of hydrazone groups is 1. The minimum atomic E-state index is -0.841. The summed E-state index contributed by atoms with van der Waals surface area (Å²) in [7, 11) is 3.69. The van der Waals surface area contributed by atoms with Gasteiger partial charge in [0.1, 0.15) is 11.3 Å². The van der Waals surface area contributed by atoms with Crippen LogP contribution < -0.4 is 10.7 Å². The fraction of sp³-hybridized carbons (Fsp3) is 0.308. The van der Waals surface area contributed by atoms with Crippen LogP contribution in [0.5, 0.6) is 0 Å². The molecule has 0 atom stereocenters. The van der Waals surface area contributed by atoms with Gasteiger partial charge in [-0.2, -0.15) is 10.4 Å². The summed E-state index contributed by atoms with van der Waals surface area (Å²) in [5, 5.41) is 24.0. The first-order valence-electron chi connectivity index (χ1n) is 11.5. The van der Waals surface area contributed by atoms with Crippen molar-refractivity contribution in [3.8, 4) is 17.3 Å². The number of aromatic nitrogens is 3. The van der Waals surface area contributed by atoms with Gasteiger partial charge in [0, 0.05) is 19.7 Å². The lowest BCUT2D eigenvalue weighted by Crippen LogP contribution is -2.22. The molecule has 35 heavy (non-hydrogen) atoms. The standard InChI is InChI=1S/C26H28N8O/c1-34(2)25-31-21(19-8-5-7-18(13-19)15-27)14-22(32-25)23(33-28)17-29-16-20-9-6-10-24(30-20)26(35)11-3-4-12-26/h5-10,13-14,17,35H,3-4,11-12,16,28H2,1-2H3. The van der Waals surface area contributed by atoms with E-state index in [2.05, 4.69) is 31.1 Å². The van der Waals surface area contributed by atoms with Gasteiger partial charge in [0.25, 0.3) is 0 Å². The molecule has 0 unspecified atom stereocenters. The molecule has 0 radical (unpaired) electrons. The molecule has 1 saturated carbocycles. The van der Waals surface area contributed by atoms with Crippen LogP contribution >= 0.6 is 0 Å². The predicted molar refractivity (Wildman–Crippen MR) is 136 cm³/mol. The average Bonchev–Trinajstić information content (AvgIpc) is 3.34. The highest BCUT2D eigenvalue weighted by Gasteiger charge is 2.34. The lowest BCUT2D eigenvalue weighted by Gasteiger charge is -2.21. The first kappa shape index (κ1) is 24.0. The number of anilines is 1. The van der Waals surface area contributed by atoms with Crippen LogP contribution in [0, 0.1) is 11.3 Å². The molecular weight excluding hydrogens is 440 g/mol. The van der Waals surface area contributed by atoms with Crippen molar-refractivity contribution in [2.45, 2.75) is 37.8 Å². The van der Waals surface area contributed by atoms with Crippen LogP contribution in [-0.2, 0) is 12.1 Å². The van der Waals surface area contributed by atoms with E-state index in [1.807, 2.05) is 44.4 Å². The number of hydrogen-bond donors (Lipinski definition) is 2. The highest BCUT2D eigenvalue weighted by molar-refractivity contribution is 6.37. The Bertz CT molecular complexity index is 1300. The van der Waals surface area contributed by atoms with Crippen LogP contribution in [-0.4, -0.2) is 46.1 Å². The van der Waals surface area contributed by atoms with Crippen molar-refractivity contribution >= 4 is 17.9 Å². The molecule has 9 heteroatoms. The molecule has 1 aromatic carbocycles. The molecule has 2 heterocycles. The van der Waals surface area contributed by atoms with Crippen molar-refractivity contribution in [2.24, 2.45) is 15.9 Å². The number of nitrogens with zero attached hydrogens (tertiary/aromatic N) is 7. The van der Waals surface area contributed by atoms with Gasteiger partial charge in [0.2, 0.25) is 5.95 Å². The number of pyridine rings is 1. The maximum absolute atomic E-state index is 10.8. The number of rotatable bonds is 7. The third-order valence-electron chi connectivity index (χ3n) is 5.98. The summed E-state index contributed by atoms with van der Waals surface area (Å²) in [5.41, 5.74) is 3.48. The van der Waals surface area contributed by atoms with Crippen LogP contribution in [0.3, 0.4) is 0 Å². The summed E-state index contributed by atoms with van der Waals surface area (Å²) in [6, 6.07) is 16.8. The highest BCUT2D eigenvalue weighted by atomic mass is 16.3. The van der Waals surface area contributed by atoms with Crippen molar-refractivity contribution < 1.29 is 5.11 Å². The Balaban J connectivity index is 1.59. The number of aliphatic imine (C=N–C) groups is 1. The molecule has 3 N–H and O–H groups in total. The van der Waals surface area contributed by atoms with Crippen molar-refractivity contribution in [3.05, 3.63) is 71.2 Å². The van der Waals surface area contributed by atoms with E-state index in [-0.39, 0.29) is 0 Å². The third-order valence-corrected chi connectivity index (χ3v) is 5.98. The van der Waals surface area contributed by atoms with E-state index in [1.165, 1.54) is 0 Å². The van der Waals surface area contributed by atoms with Gasteiger partial charge in [-0.3, -0.25) is 9.98 Å². The zero-order chi connectivity index (χ0) is 24.8. The zero-order valence-corrected chi connectivity index (χ0v) is 19.9. The molecule has 0 saturated heterocycles. The Labute approximate surface area is 204 Å². The van der Waals surface area contributed by atoms with Crippen molar-refractivity contribution in [2.75, 3.05) is 19.0 Å². The second-order valence-electron chi connectivity index (χ2n) is 8.76. The van der Waals surface area contributed by atoms with Crippen molar-refractivity contribution in [1.29, 1.82) is 5.26 Å². The molecule has 0 bridgehead atoms. The molecule has 0 amide bonds. The summed E-state index contributed by atoms with van der Waals surface area (Å²) in [6.45, 7) is 0.311. The van der Waals surface area contributed by atoms with Gasteiger partial charge in [-0.05, 0) is 43.2 Å². The van der Waals surface area contributed by atoms with Gasteiger partial charge < -0.3 is 15.8 Å². The van der Waals surface area contributed by atoms with Gasteiger partial charge >= 0.3 is 0 Å². The Morgan fingerprint density at radius 3 is 2.63 bits per heavy atom. The van der Waals surface area contributed by atoms with Crippen LogP contribution in [0.4, 0.5) is 5.95 Å². The molecule has 2 aromatic heterocycles. The van der Waals surface area contributed by atoms with Gasteiger partial charge in [0.05, 0.1) is 47.2 Å². The second-order valence-corrected chi connectivity index (χ2v) is 8.76. The summed E-state index contributed by atoms with van der Waals surface area (Å²) >= 11 is 0. The molecule has 4 rings (SSSR count). The summed E-state index contributed by atoms with van der Waals surface area (Å²) in [6.07, 6.45) is 5.05. The van der Waals surface area contributed by atoms with Crippen molar-refractivity contribution in [1.82, 2.24) is 15.0 Å². The van der Waals surface area contributed by atoms with E-state index in [4.69, 9.17) is 5.84 Å². The third kappa shape index (κ3) is 5.50. The smallest absolute Gasteiger partial charge is 0.225 e. The quantitative estimate of drug-likeness (QED) is 0.309. The van der Waals surface area contributed by atoms with E-state index in [0.717, 1.165) is 36.9 Å². The molecular formula is C26H28N8O. The zero-order valence-electron chi connectivity index (χ0n) is 19.9. The van der Waals surface area contributed by atoms with Gasteiger partial charge in [-0.25, -0.2) is 9.97 Å². The maximum Gasteiger partial charge on any atom is 0.225 e. The van der Waals surface area contributed by atoms with E-state index in [1.54, 1.807) is 29.3 Å². The molecule has 0 spiro atoms. The van der Waals surface area contributed by atoms with Crippen LogP contribution in [0.2, 0.25) is 0 Å². The number of nitrogens with two attached hydrogens (primary N) is 1. The summed E-state index contributed by atoms with van der Waals surface area (Å²) in [4.78, 5) is 20.1. The van der Waals surface area contributed by atoms with E-state index < -0.39 is 5.60 Å². The molecule has 1 aliphatic rings. The average molecular weight is 469 g/mol. The lowest BCUT2D eigenvalue weighted by molar-refractivity contribution is 0.0398.